The third kappa shape index (κ3) is 8.30. The molecule has 3 amide bonds. The third-order valence-corrected chi connectivity index (χ3v) is 1.80. The molecule has 1 atom stereocenters. The van der Waals surface area contributed by atoms with Crippen molar-refractivity contribution < 1.29 is 29.3 Å². The second-order valence-electron chi connectivity index (χ2n) is 3.32. The van der Waals surface area contributed by atoms with Crippen molar-refractivity contribution in [2.75, 3.05) is 26.4 Å². The van der Waals surface area contributed by atoms with Gasteiger partial charge in [-0.2, -0.15) is 0 Å². The average Bonchev–Trinajstić information content (AvgIpc) is 2.27. The molecule has 1 unspecified atom stereocenters. The highest BCUT2D eigenvalue weighted by Crippen LogP contribution is 1.90. The van der Waals surface area contributed by atoms with Crippen LogP contribution in [0.15, 0.2) is 0 Å². The van der Waals surface area contributed by atoms with Crippen LogP contribution in [0.4, 0.5) is 4.79 Å². The zero-order valence-corrected chi connectivity index (χ0v) is 9.72. The second kappa shape index (κ2) is 9.19. The minimum atomic E-state index is -1.23. The number of urea groups is 1. The minimum absolute atomic E-state index is 0.0775. The quantitative estimate of drug-likeness (QED) is 0.293. The van der Waals surface area contributed by atoms with E-state index >= 15 is 0 Å². The lowest BCUT2D eigenvalue weighted by Crippen LogP contribution is -2.47. The second-order valence-corrected chi connectivity index (χ2v) is 3.32. The first kappa shape index (κ1) is 16.1. The number of aliphatic hydroxyl groups excluding tert-OH is 1. The van der Waals surface area contributed by atoms with E-state index in [4.69, 9.17) is 20.7 Å². The maximum atomic E-state index is 11.2. The average molecular weight is 263 g/mol. The fourth-order valence-corrected chi connectivity index (χ4v) is 1.01. The third-order valence-electron chi connectivity index (χ3n) is 1.80. The highest BCUT2D eigenvalue weighted by molar-refractivity contribution is 5.82. The van der Waals surface area contributed by atoms with Gasteiger partial charge in [-0.1, -0.05) is 0 Å². The number of carbonyl (C=O) groups excluding carboxylic acids is 2. The van der Waals surface area contributed by atoms with Gasteiger partial charge in [-0.3, -0.25) is 4.79 Å². The molecule has 0 aliphatic carbocycles. The summed E-state index contributed by atoms with van der Waals surface area (Å²) in [4.78, 5) is 32.2. The van der Waals surface area contributed by atoms with Crippen molar-refractivity contribution in [1.29, 1.82) is 0 Å². The number of carboxylic acid groups (broad SMARTS) is 1. The fourth-order valence-electron chi connectivity index (χ4n) is 1.01. The molecule has 9 nitrogen and oxygen atoms in total. The number of aliphatic hydroxyl groups is 1. The molecule has 6 N–H and O–H groups in total. The van der Waals surface area contributed by atoms with Gasteiger partial charge in [-0.15, -0.1) is 0 Å². The number of rotatable bonds is 9. The van der Waals surface area contributed by atoms with Crippen LogP contribution in [0.25, 0.3) is 0 Å². The van der Waals surface area contributed by atoms with Crippen LogP contribution in [0.2, 0.25) is 0 Å². The predicted octanol–water partition coefficient (Wildman–Crippen LogP) is -2.38. The normalized spacial score (nSPS) is 11.6. The standard InChI is InChI=1S/C9H17N3O6/c10-7(14)5-18-4-2-11-9(17)12-6(1-3-13)8(15)16/h6,13H,1-5H2,(H2,10,14)(H,15,16)(H2,11,12,17). The largest absolute Gasteiger partial charge is 0.480 e. The lowest BCUT2D eigenvalue weighted by molar-refractivity contribution is -0.139. The van der Waals surface area contributed by atoms with E-state index in [1.165, 1.54) is 0 Å². The Morgan fingerprint density at radius 3 is 2.50 bits per heavy atom. The van der Waals surface area contributed by atoms with Gasteiger partial charge in [0.05, 0.1) is 6.61 Å². The SMILES string of the molecule is NC(=O)COCCNC(=O)NC(CCO)C(=O)O. The zero-order chi connectivity index (χ0) is 14.0. The van der Waals surface area contributed by atoms with Gasteiger partial charge in [-0.05, 0) is 0 Å². The highest BCUT2D eigenvalue weighted by Gasteiger charge is 2.18. The fraction of sp³-hybridized carbons (Fsp3) is 0.667. The van der Waals surface area contributed by atoms with Crippen molar-refractivity contribution >= 4 is 17.9 Å². The Kier molecular flexibility index (Phi) is 8.24. The molecule has 0 aromatic rings. The van der Waals surface area contributed by atoms with E-state index in [2.05, 4.69) is 10.6 Å². The Labute approximate surface area is 103 Å². The van der Waals surface area contributed by atoms with Crippen molar-refractivity contribution in [2.45, 2.75) is 12.5 Å². The summed E-state index contributed by atoms with van der Waals surface area (Å²) in [5.41, 5.74) is 4.81. The van der Waals surface area contributed by atoms with Crippen LogP contribution in [-0.2, 0) is 14.3 Å². The summed E-state index contributed by atoms with van der Waals surface area (Å²) in [6, 6.07) is -1.85. The first-order chi connectivity index (χ1) is 8.47. The van der Waals surface area contributed by atoms with E-state index in [0.717, 1.165) is 0 Å². The van der Waals surface area contributed by atoms with Gasteiger partial charge >= 0.3 is 12.0 Å². The Hall–Kier alpha value is -1.87. The van der Waals surface area contributed by atoms with Gasteiger partial charge in [0.1, 0.15) is 12.6 Å². The molecule has 0 aliphatic heterocycles. The van der Waals surface area contributed by atoms with Gasteiger partial charge in [0.2, 0.25) is 5.91 Å². The summed E-state index contributed by atoms with van der Waals surface area (Å²) < 4.78 is 4.77. The summed E-state index contributed by atoms with van der Waals surface area (Å²) in [7, 11) is 0. The van der Waals surface area contributed by atoms with E-state index in [0.29, 0.717) is 0 Å². The zero-order valence-electron chi connectivity index (χ0n) is 9.72. The number of ether oxygens (including phenoxy) is 1. The number of carbonyl (C=O) groups is 3. The topological polar surface area (TPSA) is 151 Å². The van der Waals surface area contributed by atoms with Crippen molar-refractivity contribution in [1.82, 2.24) is 10.6 Å². The maximum Gasteiger partial charge on any atom is 0.326 e. The van der Waals surface area contributed by atoms with Crippen molar-refractivity contribution in [3.63, 3.8) is 0 Å². The molecule has 9 heteroatoms. The number of hydrogen-bond acceptors (Lipinski definition) is 5. The Balaban J connectivity index is 3.74. The molecule has 0 radical (unpaired) electrons. The smallest absolute Gasteiger partial charge is 0.326 e. The van der Waals surface area contributed by atoms with Gasteiger partial charge in [0.15, 0.2) is 0 Å². The molecule has 0 fully saturated rings. The van der Waals surface area contributed by atoms with E-state index in [9.17, 15) is 14.4 Å². The van der Waals surface area contributed by atoms with Crippen LogP contribution in [0, 0.1) is 0 Å². The molecule has 0 aromatic carbocycles. The molecular weight excluding hydrogens is 246 g/mol. The van der Waals surface area contributed by atoms with Gasteiger partial charge in [0.25, 0.3) is 0 Å². The lowest BCUT2D eigenvalue weighted by atomic mass is 10.2. The first-order valence-electron chi connectivity index (χ1n) is 5.21. The van der Waals surface area contributed by atoms with Crippen LogP contribution < -0.4 is 16.4 Å². The number of nitrogens with one attached hydrogen (secondary N) is 2. The van der Waals surface area contributed by atoms with Crippen molar-refractivity contribution in [3.05, 3.63) is 0 Å². The summed E-state index contributed by atoms with van der Waals surface area (Å²) in [6.45, 7) is -0.413. The van der Waals surface area contributed by atoms with Crippen LogP contribution in [0.3, 0.4) is 0 Å². The van der Waals surface area contributed by atoms with Gasteiger partial charge in [-0.25, -0.2) is 9.59 Å². The van der Waals surface area contributed by atoms with Crippen molar-refractivity contribution in [2.24, 2.45) is 5.73 Å². The molecule has 0 bridgehead atoms. The first-order valence-corrected chi connectivity index (χ1v) is 5.21. The molecule has 0 aromatic heterocycles. The molecule has 0 rings (SSSR count). The summed E-state index contributed by atoms with van der Waals surface area (Å²) >= 11 is 0. The van der Waals surface area contributed by atoms with E-state index in [-0.39, 0.29) is 32.8 Å². The number of primary amides is 1. The van der Waals surface area contributed by atoms with Crippen LogP contribution in [0.1, 0.15) is 6.42 Å². The number of hydrogen-bond donors (Lipinski definition) is 5. The number of aliphatic carboxylic acids is 1. The van der Waals surface area contributed by atoms with Crippen LogP contribution in [-0.4, -0.2) is 60.5 Å². The maximum absolute atomic E-state index is 11.2. The molecule has 18 heavy (non-hydrogen) atoms. The van der Waals surface area contributed by atoms with E-state index in [1.54, 1.807) is 0 Å². The van der Waals surface area contributed by atoms with Gasteiger partial charge < -0.3 is 31.3 Å². The lowest BCUT2D eigenvalue weighted by Gasteiger charge is -2.13. The molecule has 0 saturated heterocycles. The van der Waals surface area contributed by atoms with Crippen molar-refractivity contribution in [3.8, 4) is 0 Å². The molecule has 0 saturated carbocycles. The minimum Gasteiger partial charge on any atom is -0.480 e. The predicted molar refractivity (Wildman–Crippen MR) is 59.7 cm³/mol. The van der Waals surface area contributed by atoms with Gasteiger partial charge in [0, 0.05) is 19.6 Å². The number of nitrogens with two attached hydrogens (primary N) is 1. The van der Waals surface area contributed by atoms with E-state index < -0.39 is 23.9 Å². The summed E-state index contributed by atoms with van der Waals surface area (Å²) in [5.74, 6) is -1.85. The molecule has 104 valence electrons. The van der Waals surface area contributed by atoms with Crippen LogP contribution >= 0.6 is 0 Å². The number of amides is 3. The Morgan fingerprint density at radius 2 is 2.00 bits per heavy atom. The molecule has 0 heterocycles. The van der Waals surface area contributed by atoms with E-state index in [1.807, 2.05) is 0 Å². The Morgan fingerprint density at radius 1 is 1.33 bits per heavy atom. The molecule has 0 aliphatic rings. The molecule has 0 spiro atoms. The monoisotopic (exact) mass is 263 g/mol. The summed E-state index contributed by atoms with van der Waals surface area (Å²) in [5, 5.41) is 21.8. The van der Waals surface area contributed by atoms with Crippen LogP contribution in [0.5, 0.6) is 0 Å². The molecular formula is C9H17N3O6. The summed E-state index contributed by atoms with van der Waals surface area (Å²) in [6.07, 6.45) is -0.0824. The number of carboxylic acids is 1. The highest BCUT2D eigenvalue weighted by atomic mass is 16.5. The Bertz CT molecular complexity index is 296.